The van der Waals surface area contributed by atoms with E-state index in [2.05, 4.69) is 26.6 Å². The van der Waals surface area contributed by atoms with Crippen LogP contribution < -0.4 is 15.4 Å². The number of nitrogens with one attached hydrogen (secondary N) is 2. The fourth-order valence-corrected chi connectivity index (χ4v) is 2.98. The zero-order valence-electron chi connectivity index (χ0n) is 13.2. The minimum Gasteiger partial charge on any atom is -0.493 e. The summed E-state index contributed by atoms with van der Waals surface area (Å²) in [5, 5.41) is 5.44. The second kappa shape index (κ2) is 7.50. The first kappa shape index (κ1) is 17.3. The van der Waals surface area contributed by atoms with Gasteiger partial charge in [-0.1, -0.05) is 13.0 Å². The van der Waals surface area contributed by atoms with Crippen LogP contribution in [0.2, 0.25) is 0 Å². The summed E-state index contributed by atoms with van der Waals surface area (Å²) < 4.78 is 11.1. The van der Waals surface area contributed by atoms with Crippen molar-refractivity contribution in [2.45, 2.75) is 26.3 Å². The Kier molecular flexibility index (Phi) is 5.65. The second-order valence-electron chi connectivity index (χ2n) is 4.89. The van der Waals surface area contributed by atoms with Crippen molar-refractivity contribution < 1.29 is 19.1 Å². The van der Waals surface area contributed by atoms with Crippen LogP contribution in [0.5, 0.6) is 5.75 Å². The molecule has 0 aromatic heterocycles. The molecular formula is C16H19BrN2O4. The fourth-order valence-electron chi connectivity index (χ4n) is 2.47. The molecule has 2 rings (SSSR count). The standard InChI is InChI=1S/C16H19BrN2O4/c1-4-11-13(15(20)22-3)14(19-16(21)18-11)9-6-7-12(23-5-2)10(17)8-9/h6-8,14H,4-5H2,1-3H3,(H2,18,19,21). The summed E-state index contributed by atoms with van der Waals surface area (Å²) in [7, 11) is 1.32. The van der Waals surface area contributed by atoms with Gasteiger partial charge in [0.15, 0.2) is 0 Å². The van der Waals surface area contributed by atoms with Gasteiger partial charge in [-0.05, 0) is 47.0 Å². The number of halogens is 1. The number of methoxy groups -OCH3 is 1. The molecular weight excluding hydrogens is 364 g/mol. The molecule has 1 aliphatic rings. The number of urea groups is 1. The van der Waals surface area contributed by atoms with Gasteiger partial charge in [-0.3, -0.25) is 0 Å². The van der Waals surface area contributed by atoms with Crippen LogP contribution in [0.1, 0.15) is 31.9 Å². The van der Waals surface area contributed by atoms with Crippen LogP contribution >= 0.6 is 15.9 Å². The molecule has 1 unspecified atom stereocenters. The van der Waals surface area contributed by atoms with E-state index in [1.165, 1.54) is 7.11 Å². The molecule has 1 heterocycles. The van der Waals surface area contributed by atoms with Gasteiger partial charge in [0.1, 0.15) is 5.75 Å². The molecule has 0 aliphatic carbocycles. The molecule has 6 nitrogen and oxygen atoms in total. The summed E-state index contributed by atoms with van der Waals surface area (Å²) in [5.41, 5.74) is 1.74. The van der Waals surface area contributed by atoms with Crippen LogP contribution in [0.4, 0.5) is 4.79 Å². The predicted molar refractivity (Wildman–Crippen MR) is 89.1 cm³/mol. The van der Waals surface area contributed by atoms with Crippen molar-refractivity contribution >= 4 is 27.9 Å². The van der Waals surface area contributed by atoms with E-state index in [0.717, 1.165) is 10.0 Å². The lowest BCUT2D eigenvalue weighted by Gasteiger charge is -2.29. The molecule has 0 saturated carbocycles. The maximum Gasteiger partial charge on any atom is 0.337 e. The highest BCUT2D eigenvalue weighted by atomic mass is 79.9. The number of hydrogen-bond donors (Lipinski definition) is 2. The average molecular weight is 383 g/mol. The van der Waals surface area contributed by atoms with Crippen molar-refractivity contribution in [2.24, 2.45) is 0 Å². The zero-order valence-corrected chi connectivity index (χ0v) is 14.8. The number of hydrogen-bond acceptors (Lipinski definition) is 4. The summed E-state index contributed by atoms with van der Waals surface area (Å²) >= 11 is 3.45. The SMILES string of the molecule is CCOc1ccc(C2NC(=O)NC(CC)=C2C(=O)OC)cc1Br. The first-order valence-electron chi connectivity index (χ1n) is 7.32. The molecule has 0 radical (unpaired) electrons. The molecule has 7 heteroatoms. The average Bonchev–Trinajstić information content (AvgIpc) is 2.55. The summed E-state index contributed by atoms with van der Waals surface area (Å²) in [4.78, 5) is 24.1. The van der Waals surface area contributed by atoms with Gasteiger partial charge >= 0.3 is 12.0 Å². The molecule has 124 valence electrons. The maximum atomic E-state index is 12.2. The first-order valence-corrected chi connectivity index (χ1v) is 8.12. The number of esters is 1. The first-order chi connectivity index (χ1) is 11.0. The van der Waals surface area contributed by atoms with E-state index >= 15 is 0 Å². The van der Waals surface area contributed by atoms with E-state index in [-0.39, 0.29) is 6.03 Å². The topological polar surface area (TPSA) is 76.7 Å². The Bertz CT molecular complexity index is 657. The highest BCUT2D eigenvalue weighted by Crippen LogP contribution is 2.33. The fraction of sp³-hybridized carbons (Fsp3) is 0.375. The third-order valence-corrected chi connectivity index (χ3v) is 4.12. The van der Waals surface area contributed by atoms with Gasteiger partial charge in [-0.25, -0.2) is 9.59 Å². The normalized spacial score (nSPS) is 17.4. The van der Waals surface area contributed by atoms with Gasteiger partial charge in [0.25, 0.3) is 0 Å². The van der Waals surface area contributed by atoms with Crippen LogP contribution in [0.15, 0.2) is 33.9 Å². The zero-order chi connectivity index (χ0) is 17.0. The van der Waals surface area contributed by atoms with Gasteiger partial charge in [0.2, 0.25) is 0 Å². The van der Waals surface area contributed by atoms with Crippen molar-refractivity contribution in [3.8, 4) is 5.75 Å². The predicted octanol–water partition coefficient (Wildman–Crippen LogP) is 3.04. The summed E-state index contributed by atoms with van der Waals surface area (Å²) in [6.07, 6.45) is 0.520. The quantitative estimate of drug-likeness (QED) is 0.767. The van der Waals surface area contributed by atoms with Crippen LogP contribution in [0.3, 0.4) is 0 Å². The van der Waals surface area contributed by atoms with Gasteiger partial charge in [0, 0.05) is 5.70 Å². The Morgan fingerprint density at radius 1 is 1.35 bits per heavy atom. The Balaban J connectivity index is 2.48. The number of benzene rings is 1. The summed E-state index contributed by atoms with van der Waals surface area (Å²) in [6.45, 7) is 4.32. The van der Waals surface area contributed by atoms with Crippen LogP contribution in [0.25, 0.3) is 0 Å². The lowest BCUT2D eigenvalue weighted by molar-refractivity contribution is -0.136. The van der Waals surface area contributed by atoms with Crippen LogP contribution in [0, 0.1) is 0 Å². The van der Waals surface area contributed by atoms with E-state index in [0.29, 0.717) is 30.0 Å². The molecule has 1 aliphatic heterocycles. The Morgan fingerprint density at radius 3 is 2.65 bits per heavy atom. The van der Waals surface area contributed by atoms with E-state index < -0.39 is 12.0 Å². The molecule has 23 heavy (non-hydrogen) atoms. The Labute approximate surface area is 143 Å². The minimum atomic E-state index is -0.571. The molecule has 0 bridgehead atoms. The van der Waals surface area contributed by atoms with E-state index in [1.807, 2.05) is 26.0 Å². The summed E-state index contributed by atoms with van der Waals surface area (Å²) in [6, 6.07) is 4.54. The molecule has 2 N–H and O–H groups in total. The molecule has 1 aromatic carbocycles. The molecule has 0 saturated heterocycles. The van der Waals surface area contributed by atoms with Crippen molar-refractivity contribution in [1.29, 1.82) is 0 Å². The lowest BCUT2D eigenvalue weighted by atomic mass is 9.94. The second-order valence-corrected chi connectivity index (χ2v) is 5.75. The summed E-state index contributed by atoms with van der Waals surface area (Å²) in [5.74, 6) is 0.236. The van der Waals surface area contributed by atoms with Gasteiger partial charge < -0.3 is 20.1 Å². The molecule has 0 spiro atoms. The van der Waals surface area contributed by atoms with Crippen molar-refractivity contribution in [3.63, 3.8) is 0 Å². The number of allylic oxidation sites excluding steroid dienone is 1. The lowest BCUT2D eigenvalue weighted by Crippen LogP contribution is -2.45. The molecule has 1 aromatic rings. The molecule has 1 atom stereocenters. The third-order valence-electron chi connectivity index (χ3n) is 3.50. The smallest absolute Gasteiger partial charge is 0.337 e. The highest BCUT2D eigenvalue weighted by molar-refractivity contribution is 9.10. The van der Waals surface area contributed by atoms with Gasteiger partial charge in [0.05, 0.1) is 29.8 Å². The number of carbonyl (C=O) groups is 2. The monoisotopic (exact) mass is 382 g/mol. The highest BCUT2D eigenvalue weighted by Gasteiger charge is 2.33. The Hall–Kier alpha value is -2.02. The molecule has 2 amide bonds. The van der Waals surface area contributed by atoms with E-state index in [9.17, 15) is 9.59 Å². The Morgan fingerprint density at radius 2 is 2.09 bits per heavy atom. The number of rotatable bonds is 5. The van der Waals surface area contributed by atoms with Crippen molar-refractivity contribution in [2.75, 3.05) is 13.7 Å². The van der Waals surface area contributed by atoms with Crippen molar-refractivity contribution in [3.05, 3.63) is 39.5 Å². The van der Waals surface area contributed by atoms with Crippen LogP contribution in [-0.2, 0) is 9.53 Å². The van der Waals surface area contributed by atoms with E-state index in [4.69, 9.17) is 9.47 Å². The minimum absolute atomic E-state index is 0.343. The van der Waals surface area contributed by atoms with Crippen LogP contribution in [-0.4, -0.2) is 25.7 Å². The van der Waals surface area contributed by atoms with Gasteiger partial charge in [-0.2, -0.15) is 0 Å². The maximum absolute atomic E-state index is 12.2. The number of ether oxygens (including phenoxy) is 2. The van der Waals surface area contributed by atoms with Crippen molar-refractivity contribution in [1.82, 2.24) is 10.6 Å². The van der Waals surface area contributed by atoms with E-state index in [1.54, 1.807) is 6.07 Å². The third kappa shape index (κ3) is 3.67. The largest absolute Gasteiger partial charge is 0.493 e. The number of amides is 2. The molecule has 0 fully saturated rings. The van der Waals surface area contributed by atoms with Gasteiger partial charge in [-0.15, -0.1) is 0 Å². The number of carbonyl (C=O) groups excluding carboxylic acids is 2.